The van der Waals surface area contributed by atoms with E-state index in [0.717, 1.165) is 11.1 Å². The largest absolute Gasteiger partial charge is 0.494 e. The molecular weight excluding hydrogens is 368 g/mol. The third kappa shape index (κ3) is 4.80. The minimum absolute atomic E-state index is 0.167. The molecule has 5 heteroatoms. The second kappa shape index (κ2) is 9.32. The highest BCUT2D eigenvalue weighted by Crippen LogP contribution is 2.38. The third-order valence-electron chi connectivity index (χ3n) is 4.27. The lowest BCUT2D eigenvalue weighted by molar-refractivity contribution is 0.101. The number of para-hydroxylation sites is 1. The molecule has 0 unspecified atom stereocenters. The lowest BCUT2D eigenvalue weighted by atomic mass is 10.1. The van der Waals surface area contributed by atoms with Gasteiger partial charge in [0, 0.05) is 11.6 Å². The fourth-order valence-corrected chi connectivity index (χ4v) is 2.93. The number of ether oxygens (including phenoxy) is 4. The summed E-state index contributed by atoms with van der Waals surface area (Å²) in [6.45, 7) is 9.33. The second-order valence-corrected chi connectivity index (χ2v) is 6.73. The van der Waals surface area contributed by atoms with E-state index in [0.29, 0.717) is 48.4 Å². The van der Waals surface area contributed by atoms with Crippen LogP contribution in [0.25, 0.3) is 6.08 Å². The van der Waals surface area contributed by atoms with Gasteiger partial charge in [-0.25, -0.2) is 0 Å². The van der Waals surface area contributed by atoms with Gasteiger partial charge < -0.3 is 18.9 Å². The van der Waals surface area contributed by atoms with E-state index in [1.165, 1.54) is 0 Å². The average Bonchev–Trinajstić information content (AvgIpc) is 2.99. The topological polar surface area (TPSA) is 54.0 Å². The zero-order valence-corrected chi connectivity index (χ0v) is 17.3. The lowest BCUT2D eigenvalue weighted by Crippen LogP contribution is -2.03. The molecule has 3 rings (SSSR count). The van der Waals surface area contributed by atoms with Crippen molar-refractivity contribution in [2.24, 2.45) is 0 Å². The first-order valence-electron chi connectivity index (χ1n) is 9.76. The van der Waals surface area contributed by atoms with Crippen LogP contribution in [0, 0.1) is 0 Å². The summed E-state index contributed by atoms with van der Waals surface area (Å²) < 4.78 is 23.0. The van der Waals surface area contributed by atoms with Crippen molar-refractivity contribution in [1.29, 1.82) is 0 Å². The van der Waals surface area contributed by atoms with Gasteiger partial charge in [-0.2, -0.15) is 0 Å². The molecule has 152 valence electrons. The molecule has 0 bridgehead atoms. The highest BCUT2D eigenvalue weighted by molar-refractivity contribution is 6.14. The van der Waals surface area contributed by atoms with Gasteiger partial charge in [0.15, 0.2) is 17.3 Å². The summed E-state index contributed by atoms with van der Waals surface area (Å²) in [5.41, 5.74) is 2.40. The molecule has 2 aromatic carbocycles. The van der Waals surface area contributed by atoms with E-state index in [9.17, 15) is 4.79 Å². The Morgan fingerprint density at radius 2 is 1.83 bits per heavy atom. The lowest BCUT2D eigenvalue weighted by Gasteiger charge is -2.14. The number of fused-ring (bicyclic) bond motifs is 1. The highest BCUT2D eigenvalue weighted by Gasteiger charge is 2.28. The van der Waals surface area contributed by atoms with Crippen LogP contribution in [0.5, 0.6) is 23.0 Å². The van der Waals surface area contributed by atoms with Crippen molar-refractivity contribution in [3.05, 3.63) is 64.9 Å². The fourth-order valence-electron chi connectivity index (χ4n) is 2.93. The molecule has 0 N–H and O–H groups in total. The van der Waals surface area contributed by atoms with Gasteiger partial charge in [-0.15, -0.1) is 0 Å². The van der Waals surface area contributed by atoms with Crippen LogP contribution in [0.2, 0.25) is 0 Å². The van der Waals surface area contributed by atoms with Crippen LogP contribution < -0.4 is 18.9 Å². The van der Waals surface area contributed by atoms with E-state index in [2.05, 4.69) is 0 Å². The molecule has 5 nitrogen and oxygen atoms in total. The van der Waals surface area contributed by atoms with Crippen LogP contribution in [0.3, 0.4) is 0 Å². The summed E-state index contributed by atoms with van der Waals surface area (Å²) in [5, 5.41) is 0. The first-order chi connectivity index (χ1) is 14.0. The molecule has 0 aliphatic carbocycles. The van der Waals surface area contributed by atoms with Crippen LogP contribution in [0.4, 0.5) is 0 Å². The Morgan fingerprint density at radius 1 is 1.03 bits per heavy atom. The molecular formula is C24H26O5. The van der Waals surface area contributed by atoms with Crippen LogP contribution in [0.15, 0.2) is 53.8 Å². The van der Waals surface area contributed by atoms with Crippen molar-refractivity contribution in [1.82, 2.24) is 0 Å². The molecule has 0 saturated carbocycles. The number of benzene rings is 2. The van der Waals surface area contributed by atoms with Gasteiger partial charge in [0.25, 0.3) is 0 Å². The van der Waals surface area contributed by atoms with Gasteiger partial charge in [-0.1, -0.05) is 17.7 Å². The van der Waals surface area contributed by atoms with Crippen LogP contribution in [0.1, 0.15) is 43.6 Å². The SMILES string of the molecule is CCOc1ccc2c(c1)O/C(=C\c1cccc(OCC)c1OCC=C(C)C)C2=O. The summed E-state index contributed by atoms with van der Waals surface area (Å²) in [7, 11) is 0. The Hall–Kier alpha value is -3.21. The highest BCUT2D eigenvalue weighted by atomic mass is 16.5. The predicted molar refractivity (Wildman–Crippen MR) is 113 cm³/mol. The van der Waals surface area contributed by atoms with Gasteiger partial charge in [0.2, 0.25) is 5.78 Å². The number of Topliss-reactive ketones (excluding diaryl/α,β-unsaturated/α-hetero) is 1. The number of ketones is 1. The standard InChI is InChI=1S/C24H26O5/c1-5-26-18-10-11-19-21(15-18)29-22(23(19)25)14-17-8-7-9-20(27-6-2)24(17)28-13-12-16(3)4/h7-12,14-15H,5-6,13H2,1-4H3/b22-14-. The Bertz CT molecular complexity index is 952. The predicted octanol–water partition coefficient (Wildman–Crippen LogP) is 5.45. The molecule has 0 atom stereocenters. The number of carbonyl (C=O) groups is 1. The van der Waals surface area contributed by atoms with Crippen molar-refractivity contribution in [2.75, 3.05) is 19.8 Å². The van der Waals surface area contributed by atoms with Crippen molar-refractivity contribution in [3.8, 4) is 23.0 Å². The summed E-state index contributed by atoms with van der Waals surface area (Å²) in [4.78, 5) is 12.8. The van der Waals surface area contributed by atoms with Gasteiger partial charge in [0.05, 0.1) is 18.8 Å². The van der Waals surface area contributed by atoms with Crippen molar-refractivity contribution in [2.45, 2.75) is 27.7 Å². The maximum atomic E-state index is 12.8. The smallest absolute Gasteiger partial charge is 0.231 e. The Morgan fingerprint density at radius 3 is 2.55 bits per heavy atom. The molecule has 0 fully saturated rings. The van der Waals surface area contributed by atoms with E-state index < -0.39 is 0 Å². The van der Waals surface area contributed by atoms with E-state index >= 15 is 0 Å². The number of hydrogen-bond acceptors (Lipinski definition) is 5. The molecule has 1 aliphatic rings. The number of carbonyl (C=O) groups excluding carboxylic acids is 1. The first kappa shape index (κ1) is 20.5. The molecule has 2 aromatic rings. The Kier molecular flexibility index (Phi) is 6.60. The fraction of sp³-hybridized carbons (Fsp3) is 0.292. The summed E-state index contributed by atoms with van der Waals surface area (Å²) in [6, 6.07) is 10.8. The van der Waals surface area contributed by atoms with Crippen LogP contribution in [-0.4, -0.2) is 25.6 Å². The van der Waals surface area contributed by atoms with Crippen molar-refractivity contribution >= 4 is 11.9 Å². The molecule has 29 heavy (non-hydrogen) atoms. The maximum absolute atomic E-state index is 12.8. The average molecular weight is 394 g/mol. The number of hydrogen-bond donors (Lipinski definition) is 0. The van der Waals surface area contributed by atoms with Gasteiger partial charge in [-0.3, -0.25) is 4.79 Å². The van der Waals surface area contributed by atoms with Crippen molar-refractivity contribution < 1.29 is 23.7 Å². The van der Waals surface area contributed by atoms with Gasteiger partial charge >= 0.3 is 0 Å². The molecule has 0 spiro atoms. The summed E-state index contributed by atoms with van der Waals surface area (Å²) in [5.74, 6) is 2.46. The van der Waals surface area contributed by atoms with E-state index in [4.69, 9.17) is 18.9 Å². The number of allylic oxidation sites excluding steroid dienone is 2. The Labute approximate surface area is 171 Å². The van der Waals surface area contributed by atoms with Crippen LogP contribution in [-0.2, 0) is 0 Å². The second-order valence-electron chi connectivity index (χ2n) is 6.73. The number of rotatable bonds is 8. The summed E-state index contributed by atoms with van der Waals surface area (Å²) >= 11 is 0. The quantitative estimate of drug-likeness (QED) is 0.440. The third-order valence-corrected chi connectivity index (χ3v) is 4.27. The molecule has 0 radical (unpaired) electrons. The minimum atomic E-state index is -0.167. The van der Waals surface area contributed by atoms with Crippen molar-refractivity contribution in [3.63, 3.8) is 0 Å². The monoisotopic (exact) mass is 394 g/mol. The molecule has 0 amide bonds. The molecule has 1 aliphatic heterocycles. The van der Waals surface area contributed by atoms with Gasteiger partial charge in [-0.05, 0) is 58.0 Å². The Balaban J connectivity index is 1.93. The van der Waals surface area contributed by atoms with E-state index in [1.807, 2.05) is 52.0 Å². The normalized spacial score (nSPS) is 13.7. The molecule has 0 aromatic heterocycles. The molecule has 0 saturated heterocycles. The van der Waals surface area contributed by atoms with Crippen LogP contribution >= 0.6 is 0 Å². The minimum Gasteiger partial charge on any atom is -0.494 e. The van der Waals surface area contributed by atoms with E-state index in [1.54, 1.807) is 24.3 Å². The summed E-state index contributed by atoms with van der Waals surface area (Å²) in [6.07, 6.45) is 3.69. The maximum Gasteiger partial charge on any atom is 0.231 e. The zero-order valence-electron chi connectivity index (χ0n) is 17.3. The van der Waals surface area contributed by atoms with Gasteiger partial charge in [0.1, 0.15) is 18.1 Å². The molecule has 1 heterocycles. The van der Waals surface area contributed by atoms with E-state index in [-0.39, 0.29) is 11.5 Å². The zero-order chi connectivity index (χ0) is 20.8. The first-order valence-corrected chi connectivity index (χ1v) is 9.76.